The zero-order valence-corrected chi connectivity index (χ0v) is 8.30. The van der Waals surface area contributed by atoms with Crippen LogP contribution < -0.4 is 0 Å². The molecular formula is C10H18N2. The highest BCUT2D eigenvalue weighted by atomic mass is 15.0. The molecule has 0 aliphatic heterocycles. The fourth-order valence-corrected chi connectivity index (χ4v) is 1.62. The smallest absolute Gasteiger partial charge is 0.0949 e. The van der Waals surface area contributed by atoms with Crippen LogP contribution in [0.15, 0.2) is 6.33 Å². The fraction of sp³-hybridized carbons (Fsp3) is 0.700. The molecule has 1 aliphatic rings. The summed E-state index contributed by atoms with van der Waals surface area (Å²) < 4.78 is 2.15. The molecule has 1 aromatic heterocycles. The Labute approximate surface area is 74.6 Å². The molecule has 1 aliphatic carbocycles. The molecule has 0 spiro atoms. The highest BCUT2D eigenvalue weighted by Gasteiger charge is 2.12. The van der Waals surface area contributed by atoms with E-state index in [1.165, 1.54) is 37.1 Å². The lowest BCUT2D eigenvalue weighted by Crippen LogP contribution is -2.04. The molecule has 1 aromatic rings. The molecule has 12 heavy (non-hydrogen) atoms. The number of hydrogen-bond acceptors (Lipinski definition) is 1. The van der Waals surface area contributed by atoms with Crippen molar-refractivity contribution in [1.82, 2.24) is 9.55 Å². The Morgan fingerprint density at radius 1 is 1.25 bits per heavy atom. The van der Waals surface area contributed by atoms with Crippen LogP contribution in [-0.4, -0.2) is 9.55 Å². The number of aryl methyl sites for hydroxylation is 2. The molecule has 68 valence electrons. The zero-order chi connectivity index (χ0) is 8.97. The van der Waals surface area contributed by atoms with Crippen molar-refractivity contribution < 1.29 is 0 Å². The van der Waals surface area contributed by atoms with Crippen molar-refractivity contribution in [3.05, 3.63) is 17.7 Å². The van der Waals surface area contributed by atoms with Gasteiger partial charge in [0.15, 0.2) is 0 Å². The lowest BCUT2D eigenvalue weighted by molar-refractivity contribution is 0.643. The normalized spacial score (nSPS) is 14.6. The van der Waals surface area contributed by atoms with Gasteiger partial charge in [0.25, 0.3) is 0 Å². The van der Waals surface area contributed by atoms with E-state index in [0.29, 0.717) is 0 Å². The van der Waals surface area contributed by atoms with Crippen LogP contribution in [0.5, 0.6) is 0 Å². The third-order valence-electron chi connectivity index (χ3n) is 2.22. The van der Waals surface area contributed by atoms with Crippen LogP contribution in [-0.2, 0) is 19.9 Å². The molecule has 2 rings (SSSR count). The molecule has 0 N–H and O–H groups in total. The molecule has 0 fully saturated rings. The number of nitrogens with zero attached hydrogens (tertiary/aromatic N) is 2. The minimum absolute atomic E-state index is 1.19. The lowest BCUT2D eigenvalue weighted by Gasteiger charge is -2.10. The number of fused-ring (bicyclic) bond motifs is 1. The van der Waals surface area contributed by atoms with E-state index >= 15 is 0 Å². The van der Waals surface area contributed by atoms with Crippen molar-refractivity contribution in [2.24, 2.45) is 7.05 Å². The van der Waals surface area contributed by atoms with E-state index < -0.39 is 0 Å². The first-order valence-corrected chi connectivity index (χ1v) is 4.87. The number of hydrogen-bond donors (Lipinski definition) is 0. The van der Waals surface area contributed by atoms with Crippen LogP contribution >= 0.6 is 0 Å². The van der Waals surface area contributed by atoms with Gasteiger partial charge in [0, 0.05) is 12.7 Å². The average molecular weight is 166 g/mol. The summed E-state index contributed by atoms with van der Waals surface area (Å²) in [5, 5.41) is 0. The Bertz CT molecular complexity index is 238. The average Bonchev–Trinajstić information content (AvgIpc) is 2.53. The maximum Gasteiger partial charge on any atom is 0.0949 e. The second-order valence-electron chi connectivity index (χ2n) is 2.96. The standard InChI is InChI=1S/C8H12N2.C2H6/c1-10-6-9-7-4-2-3-5-8(7)10;1-2/h6H,2-5H2,1H3;1-2H3. The Balaban J connectivity index is 0.000000336. The highest BCUT2D eigenvalue weighted by Crippen LogP contribution is 2.18. The van der Waals surface area contributed by atoms with Crippen LogP contribution in [0, 0.1) is 0 Å². The van der Waals surface area contributed by atoms with Crippen molar-refractivity contribution in [3.8, 4) is 0 Å². The van der Waals surface area contributed by atoms with E-state index in [1.807, 2.05) is 20.2 Å². The Morgan fingerprint density at radius 2 is 1.92 bits per heavy atom. The van der Waals surface area contributed by atoms with E-state index in [1.54, 1.807) is 0 Å². The van der Waals surface area contributed by atoms with Crippen molar-refractivity contribution in [3.63, 3.8) is 0 Å². The van der Waals surface area contributed by atoms with Gasteiger partial charge in [-0.3, -0.25) is 0 Å². The monoisotopic (exact) mass is 166 g/mol. The molecule has 2 nitrogen and oxygen atoms in total. The Hall–Kier alpha value is -0.790. The predicted molar refractivity (Wildman–Crippen MR) is 51.2 cm³/mol. The number of aromatic nitrogens is 2. The van der Waals surface area contributed by atoms with Crippen molar-refractivity contribution in [2.45, 2.75) is 39.5 Å². The van der Waals surface area contributed by atoms with E-state index in [2.05, 4.69) is 16.6 Å². The summed E-state index contributed by atoms with van der Waals surface area (Å²) in [6.45, 7) is 4.00. The van der Waals surface area contributed by atoms with Gasteiger partial charge in [-0.05, 0) is 25.7 Å². The van der Waals surface area contributed by atoms with Crippen LogP contribution in [0.25, 0.3) is 0 Å². The Kier molecular flexibility index (Phi) is 3.32. The molecule has 0 bridgehead atoms. The van der Waals surface area contributed by atoms with Gasteiger partial charge in [0.1, 0.15) is 0 Å². The van der Waals surface area contributed by atoms with E-state index in [-0.39, 0.29) is 0 Å². The third-order valence-corrected chi connectivity index (χ3v) is 2.22. The summed E-state index contributed by atoms with van der Waals surface area (Å²) in [5.74, 6) is 0. The summed E-state index contributed by atoms with van der Waals surface area (Å²) in [6.07, 6.45) is 7.01. The lowest BCUT2D eigenvalue weighted by atomic mass is 10.0. The minimum atomic E-state index is 1.19. The topological polar surface area (TPSA) is 17.8 Å². The molecule has 0 aromatic carbocycles. The fourth-order valence-electron chi connectivity index (χ4n) is 1.62. The molecule has 0 atom stereocenters. The quantitative estimate of drug-likeness (QED) is 0.578. The largest absolute Gasteiger partial charge is 0.337 e. The molecule has 0 saturated heterocycles. The van der Waals surface area contributed by atoms with Gasteiger partial charge >= 0.3 is 0 Å². The summed E-state index contributed by atoms with van der Waals surface area (Å²) in [7, 11) is 2.08. The summed E-state index contributed by atoms with van der Waals surface area (Å²) >= 11 is 0. The van der Waals surface area contributed by atoms with Crippen molar-refractivity contribution in [1.29, 1.82) is 0 Å². The van der Waals surface area contributed by atoms with Gasteiger partial charge in [-0.25, -0.2) is 4.98 Å². The van der Waals surface area contributed by atoms with Crippen LogP contribution in [0.2, 0.25) is 0 Å². The first kappa shape index (κ1) is 9.30. The second-order valence-corrected chi connectivity index (χ2v) is 2.96. The minimum Gasteiger partial charge on any atom is -0.337 e. The van der Waals surface area contributed by atoms with Gasteiger partial charge < -0.3 is 4.57 Å². The van der Waals surface area contributed by atoms with Gasteiger partial charge in [-0.1, -0.05) is 13.8 Å². The van der Waals surface area contributed by atoms with E-state index in [0.717, 1.165) is 0 Å². The molecule has 0 unspecified atom stereocenters. The number of imidazole rings is 1. The SMILES string of the molecule is CC.Cn1cnc2c1CCCC2. The number of rotatable bonds is 0. The van der Waals surface area contributed by atoms with Crippen LogP contribution in [0.3, 0.4) is 0 Å². The predicted octanol–water partition coefficient (Wildman–Crippen LogP) is 2.33. The third kappa shape index (κ3) is 1.68. The van der Waals surface area contributed by atoms with Crippen molar-refractivity contribution in [2.75, 3.05) is 0 Å². The van der Waals surface area contributed by atoms with Crippen LogP contribution in [0.4, 0.5) is 0 Å². The maximum atomic E-state index is 4.32. The molecule has 1 heterocycles. The van der Waals surface area contributed by atoms with Gasteiger partial charge in [-0.15, -0.1) is 0 Å². The second kappa shape index (κ2) is 4.29. The zero-order valence-electron chi connectivity index (χ0n) is 8.30. The summed E-state index contributed by atoms with van der Waals surface area (Å²) in [5.41, 5.74) is 2.78. The molecule has 2 heteroatoms. The van der Waals surface area contributed by atoms with Gasteiger partial charge in [-0.2, -0.15) is 0 Å². The Morgan fingerprint density at radius 3 is 2.58 bits per heavy atom. The first-order chi connectivity index (χ1) is 5.88. The van der Waals surface area contributed by atoms with Gasteiger partial charge in [0.2, 0.25) is 0 Å². The molecule has 0 amide bonds. The molecule has 0 saturated carbocycles. The highest BCUT2D eigenvalue weighted by molar-refractivity contribution is 5.15. The molecule has 0 radical (unpaired) electrons. The van der Waals surface area contributed by atoms with E-state index in [4.69, 9.17) is 0 Å². The van der Waals surface area contributed by atoms with Gasteiger partial charge in [0.05, 0.1) is 12.0 Å². The first-order valence-electron chi connectivity index (χ1n) is 4.87. The molecular weight excluding hydrogens is 148 g/mol. The van der Waals surface area contributed by atoms with E-state index in [9.17, 15) is 0 Å². The van der Waals surface area contributed by atoms with Crippen molar-refractivity contribution >= 4 is 0 Å². The van der Waals surface area contributed by atoms with Crippen LogP contribution in [0.1, 0.15) is 38.1 Å². The maximum absolute atomic E-state index is 4.32. The summed E-state index contributed by atoms with van der Waals surface area (Å²) in [6, 6.07) is 0. The summed E-state index contributed by atoms with van der Waals surface area (Å²) in [4.78, 5) is 4.32.